The van der Waals surface area contributed by atoms with Gasteiger partial charge in [-0.25, -0.2) is 0 Å². The number of thiocarbonyl (C=S) groups is 1. The molecular weight excluding hydrogens is 358 g/mol. The molecule has 22 heavy (non-hydrogen) atoms. The molecule has 1 aromatic carbocycles. The van der Waals surface area contributed by atoms with Crippen LogP contribution in [0.15, 0.2) is 28.7 Å². The SMILES string of the molecule is CC[C@@H]1CCCCN1CCCNC(=S)Nc1cccc(Br)c1. The third-order valence-electron chi connectivity index (χ3n) is 4.21. The molecule has 0 bridgehead atoms. The lowest BCUT2D eigenvalue weighted by Gasteiger charge is -2.35. The smallest absolute Gasteiger partial charge is 0.170 e. The van der Waals surface area contributed by atoms with Crippen LogP contribution >= 0.6 is 28.1 Å². The number of likely N-dealkylation sites (tertiary alicyclic amines) is 1. The zero-order valence-electron chi connectivity index (χ0n) is 13.3. The Morgan fingerprint density at radius 3 is 3.05 bits per heavy atom. The van der Waals surface area contributed by atoms with Gasteiger partial charge in [-0.3, -0.25) is 0 Å². The molecule has 2 N–H and O–H groups in total. The largest absolute Gasteiger partial charge is 0.362 e. The van der Waals surface area contributed by atoms with Crippen LogP contribution in [0.4, 0.5) is 5.69 Å². The van der Waals surface area contributed by atoms with Gasteiger partial charge in [-0.2, -0.15) is 0 Å². The minimum atomic E-state index is 0.698. The molecule has 3 nitrogen and oxygen atoms in total. The predicted molar refractivity (Wildman–Crippen MR) is 102 cm³/mol. The second-order valence-corrected chi connectivity index (χ2v) is 7.16. The molecule has 5 heteroatoms. The first-order valence-electron chi connectivity index (χ1n) is 8.23. The maximum atomic E-state index is 5.34. The highest BCUT2D eigenvalue weighted by Gasteiger charge is 2.19. The Labute approximate surface area is 148 Å². The number of hydrogen-bond acceptors (Lipinski definition) is 2. The van der Waals surface area contributed by atoms with Gasteiger partial charge in [0.05, 0.1) is 0 Å². The molecular formula is C17H26BrN3S. The molecule has 1 saturated heterocycles. The van der Waals surface area contributed by atoms with E-state index in [1.54, 1.807) is 0 Å². The summed E-state index contributed by atoms with van der Waals surface area (Å²) in [7, 11) is 0. The standard InChI is InChI=1S/C17H26BrN3S/c1-2-16-9-3-4-11-21(16)12-6-10-19-17(22)20-15-8-5-7-14(18)13-15/h5,7-8,13,16H,2-4,6,9-12H2,1H3,(H2,19,20,22)/t16-/m1/s1. The minimum Gasteiger partial charge on any atom is -0.362 e. The quantitative estimate of drug-likeness (QED) is 0.562. The van der Waals surface area contributed by atoms with E-state index in [1.165, 1.54) is 38.8 Å². The number of anilines is 1. The maximum absolute atomic E-state index is 5.34. The summed E-state index contributed by atoms with van der Waals surface area (Å²) < 4.78 is 1.05. The number of piperidine rings is 1. The molecule has 0 amide bonds. The van der Waals surface area contributed by atoms with E-state index in [2.05, 4.69) is 38.4 Å². The van der Waals surface area contributed by atoms with Gasteiger partial charge in [-0.1, -0.05) is 35.3 Å². The van der Waals surface area contributed by atoms with E-state index in [4.69, 9.17) is 12.2 Å². The molecule has 1 aromatic rings. The second-order valence-electron chi connectivity index (χ2n) is 5.84. The lowest BCUT2D eigenvalue weighted by atomic mass is 10.00. The van der Waals surface area contributed by atoms with E-state index in [0.717, 1.165) is 29.2 Å². The predicted octanol–water partition coefficient (Wildman–Crippen LogP) is 4.39. The zero-order chi connectivity index (χ0) is 15.8. The molecule has 1 atom stereocenters. The molecule has 0 aromatic heterocycles. The molecule has 1 fully saturated rings. The van der Waals surface area contributed by atoms with E-state index >= 15 is 0 Å². The van der Waals surface area contributed by atoms with Gasteiger partial charge in [-0.15, -0.1) is 0 Å². The summed E-state index contributed by atoms with van der Waals surface area (Å²) in [6.45, 7) is 5.66. The Morgan fingerprint density at radius 2 is 2.27 bits per heavy atom. The molecule has 0 aliphatic carbocycles. The van der Waals surface area contributed by atoms with Crippen LogP contribution in [-0.2, 0) is 0 Å². The summed E-state index contributed by atoms with van der Waals surface area (Å²) in [5, 5.41) is 7.22. The number of halogens is 1. The van der Waals surface area contributed by atoms with Gasteiger partial charge in [0, 0.05) is 29.3 Å². The van der Waals surface area contributed by atoms with Crippen molar-refractivity contribution in [2.75, 3.05) is 25.0 Å². The van der Waals surface area contributed by atoms with Crippen LogP contribution in [-0.4, -0.2) is 35.7 Å². The minimum absolute atomic E-state index is 0.698. The van der Waals surface area contributed by atoms with Gasteiger partial charge in [0.15, 0.2) is 5.11 Å². The van der Waals surface area contributed by atoms with Crippen LogP contribution in [0.2, 0.25) is 0 Å². The molecule has 0 saturated carbocycles. The number of hydrogen-bond donors (Lipinski definition) is 2. The van der Waals surface area contributed by atoms with Gasteiger partial charge in [0.25, 0.3) is 0 Å². The summed E-state index contributed by atoms with van der Waals surface area (Å²) >= 11 is 8.81. The highest BCUT2D eigenvalue weighted by atomic mass is 79.9. The average Bonchev–Trinajstić information content (AvgIpc) is 2.52. The Balaban J connectivity index is 1.64. The summed E-state index contributed by atoms with van der Waals surface area (Å²) in [6.07, 6.45) is 6.53. The summed E-state index contributed by atoms with van der Waals surface area (Å²) in [5.74, 6) is 0. The van der Waals surface area contributed by atoms with Gasteiger partial charge in [0.2, 0.25) is 0 Å². The van der Waals surface area contributed by atoms with Crippen molar-refractivity contribution in [3.63, 3.8) is 0 Å². The van der Waals surface area contributed by atoms with Crippen molar-refractivity contribution < 1.29 is 0 Å². The molecule has 1 heterocycles. The van der Waals surface area contributed by atoms with Gasteiger partial charge in [-0.05, 0) is 62.6 Å². The monoisotopic (exact) mass is 383 g/mol. The fourth-order valence-electron chi connectivity index (χ4n) is 3.04. The van der Waals surface area contributed by atoms with Gasteiger partial charge >= 0.3 is 0 Å². The fraction of sp³-hybridized carbons (Fsp3) is 0.588. The van der Waals surface area contributed by atoms with Crippen molar-refractivity contribution in [3.05, 3.63) is 28.7 Å². The van der Waals surface area contributed by atoms with E-state index in [9.17, 15) is 0 Å². The normalized spacial score (nSPS) is 18.9. The topological polar surface area (TPSA) is 27.3 Å². The lowest BCUT2D eigenvalue weighted by Crippen LogP contribution is -2.40. The summed E-state index contributed by atoms with van der Waals surface area (Å²) in [4.78, 5) is 2.65. The van der Waals surface area contributed by atoms with Crippen molar-refractivity contribution in [2.45, 2.75) is 45.1 Å². The number of benzene rings is 1. The molecule has 2 rings (SSSR count). The van der Waals surface area contributed by atoms with Gasteiger partial charge < -0.3 is 15.5 Å². The lowest BCUT2D eigenvalue weighted by molar-refractivity contribution is 0.143. The second kappa shape index (κ2) is 9.48. The first-order valence-corrected chi connectivity index (χ1v) is 9.43. The van der Waals surface area contributed by atoms with Crippen molar-refractivity contribution in [1.82, 2.24) is 10.2 Å². The van der Waals surface area contributed by atoms with Crippen LogP contribution in [0.5, 0.6) is 0 Å². The Hall–Kier alpha value is -0.650. The molecule has 1 aliphatic heterocycles. The highest BCUT2D eigenvalue weighted by Crippen LogP contribution is 2.19. The van der Waals surface area contributed by atoms with Crippen LogP contribution in [0.25, 0.3) is 0 Å². The third-order valence-corrected chi connectivity index (χ3v) is 4.95. The Kier molecular flexibility index (Phi) is 7.63. The first-order chi connectivity index (χ1) is 10.7. The fourth-order valence-corrected chi connectivity index (χ4v) is 3.66. The molecule has 122 valence electrons. The summed E-state index contributed by atoms with van der Waals surface area (Å²) in [5.41, 5.74) is 1.01. The number of rotatable bonds is 6. The Morgan fingerprint density at radius 1 is 1.41 bits per heavy atom. The summed E-state index contributed by atoms with van der Waals surface area (Å²) in [6, 6.07) is 8.83. The van der Waals surface area contributed by atoms with E-state index in [0.29, 0.717) is 5.11 Å². The molecule has 1 aliphatic rings. The first kappa shape index (κ1) is 17.7. The van der Waals surface area contributed by atoms with E-state index < -0.39 is 0 Å². The van der Waals surface area contributed by atoms with Crippen LogP contribution < -0.4 is 10.6 Å². The zero-order valence-corrected chi connectivity index (χ0v) is 15.7. The van der Waals surface area contributed by atoms with E-state index in [-0.39, 0.29) is 0 Å². The van der Waals surface area contributed by atoms with Crippen molar-refractivity contribution in [3.8, 4) is 0 Å². The molecule has 0 spiro atoms. The number of nitrogens with one attached hydrogen (secondary N) is 2. The van der Waals surface area contributed by atoms with Crippen LogP contribution in [0.1, 0.15) is 39.0 Å². The van der Waals surface area contributed by atoms with E-state index in [1.807, 2.05) is 24.3 Å². The highest BCUT2D eigenvalue weighted by molar-refractivity contribution is 9.10. The van der Waals surface area contributed by atoms with Crippen molar-refractivity contribution in [2.24, 2.45) is 0 Å². The van der Waals surface area contributed by atoms with Crippen LogP contribution in [0.3, 0.4) is 0 Å². The molecule has 0 radical (unpaired) electrons. The van der Waals surface area contributed by atoms with Crippen LogP contribution in [0, 0.1) is 0 Å². The van der Waals surface area contributed by atoms with Gasteiger partial charge in [0.1, 0.15) is 0 Å². The Bertz CT molecular complexity index is 481. The average molecular weight is 384 g/mol. The molecule has 0 unspecified atom stereocenters. The third kappa shape index (κ3) is 5.86. The van der Waals surface area contributed by atoms with Crippen molar-refractivity contribution >= 4 is 38.9 Å². The van der Waals surface area contributed by atoms with Crippen molar-refractivity contribution in [1.29, 1.82) is 0 Å². The number of nitrogens with zero attached hydrogens (tertiary/aromatic N) is 1. The maximum Gasteiger partial charge on any atom is 0.170 e.